The van der Waals surface area contributed by atoms with E-state index in [9.17, 15) is 13.2 Å². The minimum atomic E-state index is -3.65. The molecule has 0 atom stereocenters. The van der Waals surface area contributed by atoms with Gasteiger partial charge in [0.1, 0.15) is 0 Å². The lowest BCUT2D eigenvalue weighted by atomic mass is 10.2. The summed E-state index contributed by atoms with van der Waals surface area (Å²) >= 11 is 12.1. The smallest absolute Gasteiger partial charge is 0.295 e. The van der Waals surface area contributed by atoms with Crippen molar-refractivity contribution in [2.24, 2.45) is 7.05 Å². The van der Waals surface area contributed by atoms with E-state index >= 15 is 0 Å². The van der Waals surface area contributed by atoms with Crippen molar-refractivity contribution in [1.29, 1.82) is 0 Å². The molecule has 9 heteroatoms. The van der Waals surface area contributed by atoms with E-state index in [0.29, 0.717) is 21.1 Å². The summed E-state index contributed by atoms with van der Waals surface area (Å²) in [5.41, 5.74) is 1.36. The Morgan fingerprint density at radius 1 is 1.07 bits per heavy atom. The van der Waals surface area contributed by atoms with Crippen LogP contribution in [0.3, 0.4) is 0 Å². The van der Waals surface area contributed by atoms with E-state index in [1.807, 2.05) is 6.92 Å². The van der Waals surface area contributed by atoms with Gasteiger partial charge in [0, 0.05) is 22.6 Å². The summed E-state index contributed by atoms with van der Waals surface area (Å²) in [6, 6.07) is 9.84. The summed E-state index contributed by atoms with van der Waals surface area (Å²) in [4.78, 5) is 12.9. The highest BCUT2D eigenvalue weighted by molar-refractivity contribution is 7.89. The second kappa shape index (κ2) is 6.62. The Morgan fingerprint density at radius 2 is 1.71 bits per heavy atom. The van der Waals surface area contributed by atoms with Crippen LogP contribution in [0.2, 0.25) is 10.0 Å². The van der Waals surface area contributed by atoms with Gasteiger partial charge in [0.05, 0.1) is 22.5 Å². The van der Waals surface area contributed by atoms with Gasteiger partial charge in [-0.05, 0) is 61.7 Å². The maximum absolute atomic E-state index is 12.8. The van der Waals surface area contributed by atoms with Crippen LogP contribution < -0.4 is 10.4 Å². The van der Waals surface area contributed by atoms with Crippen molar-refractivity contribution < 1.29 is 8.42 Å². The van der Waals surface area contributed by atoms with Crippen LogP contribution in [0.4, 0.5) is 0 Å². The quantitative estimate of drug-likeness (QED) is 0.660. The summed E-state index contributed by atoms with van der Waals surface area (Å²) in [6.45, 7) is 2.16. The fraction of sp³-hybridized carbons (Fsp3) is 0.316. The zero-order valence-corrected chi connectivity index (χ0v) is 17.7. The van der Waals surface area contributed by atoms with E-state index in [2.05, 4.69) is 4.72 Å². The molecule has 0 radical (unpaired) electrons. The lowest BCUT2D eigenvalue weighted by molar-refractivity contribution is 0.558. The average molecular weight is 440 g/mol. The first-order valence-corrected chi connectivity index (χ1v) is 11.0. The van der Waals surface area contributed by atoms with Crippen LogP contribution in [-0.4, -0.2) is 23.1 Å². The van der Waals surface area contributed by atoms with Crippen LogP contribution in [0.25, 0.3) is 11.0 Å². The Bertz CT molecular complexity index is 1240. The highest BCUT2D eigenvalue weighted by Gasteiger charge is 2.41. The van der Waals surface area contributed by atoms with Crippen molar-refractivity contribution in [3.8, 4) is 0 Å². The molecule has 0 aliphatic heterocycles. The molecule has 1 aliphatic rings. The number of hydrogen-bond donors (Lipinski definition) is 1. The van der Waals surface area contributed by atoms with Crippen molar-refractivity contribution in [3.63, 3.8) is 0 Å². The minimum absolute atomic E-state index is 0.145. The van der Waals surface area contributed by atoms with Crippen LogP contribution in [0.5, 0.6) is 0 Å². The number of fused-ring (bicyclic) bond motifs is 1. The molecule has 1 aromatic heterocycles. The van der Waals surface area contributed by atoms with E-state index in [0.717, 1.165) is 18.4 Å². The predicted octanol–water partition coefficient (Wildman–Crippen LogP) is 3.53. The minimum Gasteiger partial charge on any atom is -0.295 e. The molecule has 3 aromatic rings. The molecular formula is C19H19Cl2N3O3S. The molecule has 148 valence electrons. The summed E-state index contributed by atoms with van der Waals surface area (Å²) < 4.78 is 31.1. The van der Waals surface area contributed by atoms with E-state index in [1.165, 1.54) is 16.7 Å². The molecule has 0 saturated heterocycles. The van der Waals surface area contributed by atoms with Gasteiger partial charge in [0.15, 0.2) is 0 Å². The van der Waals surface area contributed by atoms with E-state index in [1.54, 1.807) is 35.9 Å². The van der Waals surface area contributed by atoms with Gasteiger partial charge in [-0.25, -0.2) is 17.9 Å². The summed E-state index contributed by atoms with van der Waals surface area (Å²) in [5, 5.41) is 0.979. The number of halogens is 2. The second-order valence-electron chi connectivity index (χ2n) is 7.52. The highest BCUT2D eigenvalue weighted by Crippen LogP contribution is 2.36. The molecule has 0 unspecified atom stereocenters. The van der Waals surface area contributed by atoms with Crippen molar-refractivity contribution in [2.45, 2.75) is 36.7 Å². The van der Waals surface area contributed by atoms with Gasteiger partial charge in [-0.2, -0.15) is 0 Å². The molecule has 4 rings (SSSR count). The molecular weight excluding hydrogens is 421 g/mol. The topological polar surface area (TPSA) is 73.1 Å². The largest absolute Gasteiger partial charge is 0.329 e. The number of nitrogens with one attached hydrogen (secondary N) is 1. The molecule has 6 nitrogen and oxygen atoms in total. The first-order valence-electron chi connectivity index (χ1n) is 8.76. The van der Waals surface area contributed by atoms with Crippen LogP contribution in [0, 0.1) is 0 Å². The molecule has 1 aliphatic carbocycles. The van der Waals surface area contributed by atoms with Gasteiger partial charge in [0.25, 0.3) is 0 Å². The number of rotatable bonds is 5. The number of nitrogens with zero attached hydrogens (tertiary/aromatic N) is 2. The number of aromatic nitrogens is 2. The lowest BCUT2D eigenvalue weighted by Gasteiger charge is -2.12. The van der Waals surface area contributed by atoms with Gasteiger partial charge in [0.2, 0.25) is 10.0 Å². The highest BCUT2D eigenvalue weighted by atomic mass is 35.5. The number of hydrogen-bond acceptors (Lipinski definition) is 3. The number of sulfonamides is 1. The first-order chi connectivity index (χ1) is 13.1. The maximum Gasteiger partial charge on any atom is 0.329 e. The normalized spacial score (nSPS) is 15.9. The van der Waals surface area contributed by atoms with Crippen LogP contribution in [-0.2, 0) is 23.6 Å². The number of benzene rings is 2. The number of aryl methyl sites for hydroxylation is 1. The molecule has 2 aromatic carbocycles. The Balaban J connectivity index is 1.77. The van der Waals surface area contributed by atoms with Crippen LogP contribution in [0.1, 0.15) is 25.3 Å². The fourth-order valence-electron chi connectivity index (χ4n) is 3.26. The first kappa shape index (κ1) is 19.5. The van der Waals surface area contributed by atoms with Crippen molar-refractivity contribution in [2.75, 3.05) is 0 Å². The van der Waals surface area contributed by atoms with Crippen LogP contribution >= 0.6 is 23.2 Å². The molecule has 0 bridgehead atoms. The molecule has 0 amide bonds. The Hall–Kier alpha value is -1.80. The summed E-state index contributed by atoms with van der Waals surface area (Å²) in [5.74, 6) is 0. The Labute approximate surface area is 172 Å². The zero-order valence-electron chi connectivity index (χ0n) is 15.4. The Kier molecular flexibility index (Phi) is 4.62. The van der Waals surface area contributed by atoms with Gasteiger partial charge < -0.3 is 0 Å². The SMILES string of the molecule is Cn1c(=O)n(Cc2cc(Cl)cc(Cl)c2)c2ccc(S(=O)(=O)NC3(C)CC3)cc21. The standard InChI is InChI=1S/C19H19Cl2N3O3S/c1-19(5-6-19)22-28(26,27)15-3-4-16-17(10-15)23(2)18(25)24(16)11-12-7-13(20)9-14(21)8-12/h3-4,7-10,22H,5-6,11H2,1-2H3. The Morgan fingerprint density at radius 3 is 2.32 bits per heavy atom. The van der Waals surface area contributed by atoms with E-state index in [4.69, 9.17) is 23.2 Å². The second-order valence-corrected chi connectivity index (χ2v) is 10.1. The molecule has 1 N–H and O–H groups in total. The fourth-order valence-corrected chi connectivity index (χ4v) is 5.32. The molecule has 1 fully saturated rings. The molecule has 1 heterocycles. The maximum atomic E-state index is 12.8. The molecule has 0 spiro atoms. The predicted molar refractivity (Wildman–Crippen MR) is 111 cm³/mol. The molecule has 28 heavy (non-hydrogen) atoms. The van der Waals surface area contributed by atoms with Gasteiger partial charge in [-0.1, -0.05) is 23.2 Å². The number of imidazole rings is 1. The third-order valence-corrected chi connectivity index (χ3v) is 7.14. The van der Waals surface area contributed by atoms with E-state index in [-0.39, 0.29) is 22.7 Å². The van der Waals surface area contributed by atoms with Gasteiger partial charge >= 0.3 is 5.69 Å². The zero-order chi connectivity index (χ0) is 20.3. The van der Waals surface area contributed by atoms with Gasteiger partial charge in [-0.15, -0.1) is 0 Å². The lowest BCUT2D eigenvalue weighted by Crippen LogP contribution is -2.34. The van der Waals surface area contributed by atoms with E-state index < -0.39 is 10.0 Å². The van der Waals surface area contributed by atoms with Crippen molar-refractivity contribution >= 4 is 44.3 Å². The third-order valence-electron chi connectivity index (χ3n) is 5.07. The van der Waals surface area contributed by atoms with Gasteiger partial charge in [-0.3, -0.25) is 9.13 Å². The molecule has 1 saturated carbocycles. The van der Waals surface area contributed by atoms with Crippen LogP contribution in [0.15, 0.2) is 46.1 Å². The monoisotopic (exact) mass is 439 g/mol. The average Bonchev–Trinajstić information content (AvgIpc) is 3.27. The van der Waals surface area contributed by atoms with Crippen molar-refractivity contribution in [1.82, 2.24) is 13.9 Å². The summed E-state index contributed by atoms with van der Waals surface area (Å²) in [6.07, 6.45) is 1.65. The third kappa shape index (κ3) is 3.59. The van der Waals surface area contributed by atoms with Crippen molar-refractivity contribution in [3.05, 3.63) is 62.5 Å². The summed E-state index contributed by atoms with van der Waals surface area (Å²) in [7, 11) is -2.02.